The topological polar surface area (TPSA) is 79.4 Å². The number of quaternary nitrogens is 1. The van der Waals surface area contributed by atoms with Gasteiger partial charge >= 0.3 is 0 Å². The van der Waals surface area contributed by atoms with Crippen LogP contribution in [-0.2, 0) is 6.61 Å². The van der Waals surface area contributed by atoms with Crippen molar-refractivity contribution < 1.29 is 19.8 Å². The monoisotopic (exact) mass is 384 g/mol. The standard InChI is InChI=1S/C22H29N3O3/c1-16-22(27)20(18(15-26)12-24-16)13-23-14-21(25-10-4-3-5-11-25)17-6-8-19(28-2)9-7-17/h6-9,12-13,21,26-27H,3-5,10-11,14-15H2,1-2H3/p+1/t21-/m1/s1. The van der Waals surface area contributed by atoms with Crippen molar-refractivity contribution in [2.24, 2.45) is 4.99 Å². The van der Waals surface area contributed by atoms with E-state index in [4.69, 9.17) is 4.74 Å². The maximum atomic E-state index is 10.3. The Bertz CT molecular complexity index is 799. The number of nitrogens with one attached hydrogen (secondary N) is 1. The number of aliphatic imine (C=N–C) groups is 1. The van der Waals surface area contributed by atoms with E-state index in [1.54, 1.807) is 31.3 Å². The molecule has 0 unspecified atom stereocenters. The molecule has 3 N–H and O–H groups in total. The van der Waals surface area contributed by atoms with Gasteiger partial charge < -0.3 is 19.8 Å². The molecule has 0 radical (unpaired) electrons. The fraction of sp³-hybridized carbons (Fsp3) is 0.455. The average molecular weight is 385 g/mol. The molecule has 28 heavy (non-hydrogen) atoms. The van der Waals surface area contributed by atoms with Gasteiger partial charge in [-0.2, -0.15) is 0 Å². The number of piperidine rings is 1. The van der Waals surface area contributed by atoms with Crippen LogP contribution in [0.1, 0.15) is 47.7 Å². The third kappa shape index (κ3) is 4.69. The zero-order valence-corrected chi connectivity index (χ0v) is 16.7. The summed E-state index contributed by atoms with van der Waals surface area (Å²) < 4.78 is 5.29. The normalized spacial score (nSPS) is 16.4. The predicted octanol–water partition coefficient (Wildman–Crippen LogP) is 1.83. The number of pyridine rings is 1. The molecule has 1 atom stereocenters. The van der Waals surface area contributed by atoms with Gasteiger partial charge in [-0.3, -0.25) is 9.98 Å². The fourth-order valence-corrected chi connectivity index (χ4v) is 3.83. The second kappa shape index (κ2) is 9.66. The first kappa shape index (κ1) is 20.3. The van der Waals surface area contributed by atoms with Crippen LogP contribution in [0.4, 0.5) is 0 Å². The van der Waals surface area contributed by atoms with Crippen molar-refractivity contribution in [3.8, 4) is 11.5 Å². The summed E-state index contributed by atoms with van der Waals surface area (Å²) in [6.45, 7) is 4.47. The molecular weight excluding hydrogens is 354 g/mol. The number of likely N-dealkylation sites (tertiary alicyclic amines) is 1. The van der Waals surface area contributed by atoms with Crippen LogP contribution in [0.3, 0.4) is 0 Å². The molecule has 1 fully saturated rings. The van der Waals surface area contributed by atoms with Gasteiger partial charge in [0.15, 0.2) is 0 Å². The van der Waals surface area contributed by atoms with E-state index in [1.807, 2.05) is 12.1 Å². The van der Waals surface area contributed by atoms with E-state index in [0.717, 1.165) is 18.8 Å². The number of aliphatic hydroxyl groups excluding tert-OH is 1. The van der Waals surface area contributed by atoms with Crippen LogP contribution >= 0.6 is 0 Å². The Morgan fingerprint density at radius 1 is 1.21 bits per heavy atom. The minimum absolute atomic E-state index is 0.0848. The van der Waals surface area contributed by atoms with Crippen LogP contribution in [0.2, 0.25) is 0 Å². The summed E-state index contributed by atoms with van der Waals surface area (Å²) in [6.07, 6.45) is 7.05. The number of nitrogens with zero attached hydrogens (tertiary/aromatic N) is 2. The van der Waals surface area contributed by atoms with E-state index >= 15 is 0 Å². The molecule has 2 aromatic rings. The Balaban J connectivity index is 1.83. The third-order valence-corrected chi connectivity index (χ3v) is 5.54. The smallest absolute Gasteiger partial charge is 0.145 e. The Labute approximate surface area is 166 Å². The molecule has 6 heteroatoms. The molecule has 1 aromatic heterocycles. The molecular formula is C22H30N3O3+. The van der Waals surface area contributed by atoms with Crippen molar-refractivity contribution >= 4 is 6.21 Å². The maximum absolute atomic E-state index is 10.3. The number of rotatable bonds is 7. The van der Waals surface area contributed by atoms with Crippen molar-refractivity contribution in [1.82, 2.24) is 4.98 Å². The first-order valence-corrected chi connectivity index (χ1v) is 9.90. The Morgan fingerprint density at radius 2 is 1.93 bits per heavy atom. The maximum Gasteiger partial charge on any atom is 0.145 e. The number of aryl methyl sites for hydroxylation is 1. The molecule has 1 aliphatic heterocycles. The van der Waals surface area contributed by atoms with Crippen LogP contribution in [0.15, 0.2) is 35.5 Å². The lowest BCUT2D eigenvalue weighted by molar-refractivity contribution is -0.934. The molecule has 0 spiro atoms. The molecule has 0 bridgehead atoms. The van der Waals surface area contributed by atoms with E-state index in [1.165, 1.54) is 24.8 Å². The van der Waals surface area contributed by atoms with E-state index in [0.29, 0.717) is 23.4 Å². The van der Waals surface area contributed by atoms with E-state index in [2.05, 4.69) is 22.1 Å². The van der Waals surface area contributed by atoms with Crippen LogP contribution in [0.5, 0.6) is 11.5 Å². The molecule has 6 nitrogen and oxygen atoms in total. The summed E-state index contributed by atoms with van der Waals surface area (Å²) in [5.41, 5.74) is 2.91. The summed E-state index contributed by atoms with van der Waals surface area (Å²) in [4.78, 5) is 10.3. The zero-order chi connectivity index (χ0) is 19.9. The summed E-state index contributed by atoms with van der Waals surface area (Å²) in [6, 6.07) is 8.49. The second-order valence-corrected chi connectivity index (χ2v) is 7.33. The number of benzene rings is 1. The van der Waals surface area contributed by atoms with Gasteiger partial charge in [0.05, 0.1) is 39.0 Å². The van der Waals surface area contributed by atoms with E-state index in [9.17, 15) is 10.2 Å². The Hall–Kier alpha value is -2.44. The Kier molecular flexibility index (Phi) is 7.01. The lowest BCUT2D eigenvalue weighted by atomic mass is 10.0. The number of aromatic nitrogens is 1. The lowest BCUT2D eigenvalue weighted by Gasteiger charge is -2.31. The van der Waals surface area contributed by atoms with E-state index < -0.39 is 0 Å². The van der Waals surface area contributed by atoms with Crippen molar-refractivity contribution in [1.29, 1.82) is 0 Å². The molecule has 0 amide bonds. The van der Waals surface area contributed by atoms with Crippen LogP contribution < -0.4 is 9.64 Å². The van der Waals surface area contributed by atoms with Crippen molar-refractivity contribution in [2.75, 3.05) is 26.7 Å². The Morgan fingerprint density at radius 3 is 2.57 bits per heavy atom. The average Bonchev–Trinajstić information content (AvgIpc) is 2.75. The highest BCUT2D eigenvalue weighted by Gasteiger charge is 2.25. The summed E-state index contributed by atoms with van der Waals surface area (Å²) >= 11 is 0. The van der Waals surface area contributed by atoms with Gasteiger partial charge in [0.2, 0.25) is 0 Å². The molecule has 3 rings (SSSR count). The number of methoxy groups -OCH3 is 1. The number of aromatic hydroxyl groups is 1. The molecule has 150 valence electrons. The molecule has 1 aromatic carbocycles. The first-order chi connectivity index (χ1) is 13.6. The summed E-state index contributed by atoms with van der Waals surface area (Å²) in [5.74, 6) is 0.936. The van der Waals surface area contributed by atoms with Gasteiger partial charge in [-0.25, -0.2) is 0 Å². The number of hydrogen-bond acceptors (Lipinski definition) is 5. The van der Waals surface area contributed by atoms with Gasteiger partial charge in [-0.1, -0.05) is 0 Å². The highest BCUT2D eigenvalue weighted by molar-refractivity contribution is 5.85. The molecule has 0 saturated carbocycles. The summed E-state index contributed by atoms with van der Waals surface area (Å²) in [5, 5.41) is 19.9. The van der Waals surface area contributed by atoms with Crippen LogP contribution in [0, 0.1) is 6.92 Å². The van der Waals surface area contributed by atoms with E-state index in [-0.39, 0.29) is 18.4 Å². The minimum Gasteiger partial charge on any atom is -0.505 e. The largest absolute Gasteiger partial charge is 0.505 e. The van der Waals surface area contributed by atoms with Crippen LogP contribution in [-0.4, -0.2) is 48.2 Å². The van der Waals surface area contributed by atoms with Gasteiger partial charge in [-0.05, 0) is 50.5 Å². The van der Waals surface area contributed by atoms with Crippen molar-refractivity contribution in [3.63, 3.8) is 0 Å². The fourth-order valence-electron chi connectivity index (χ4n) is 3.83. The predicted molar refractivity (Wildman–Crippen MR) is 109 cm³/mol. The van der Waals surface area contributed by atoms with Crippen molar-refractivity contribution in [3.05, 3.63) is 52.8 Å². The lowest BCUT2D eigenvalue weighted by Crippen LogP contribution is -3.13. The molecule has 1 aliphatic rings. The van der Waals surface area contributed by atoms with Gasteiger partial charge in [-0.15, -0.1) is 0 Å². The van der Waals surface area contributed by atoms with Gasteiger partial charge in [0, 0.05) is 29.1 Å². The van der Waals surface area contributed by atoms with Crippen LogP contribution in [0.25, 0.3) is 0 Å². The number of ether oxygens (including phenoxy) is 1. The zero-order valence-electron chi connectivity index (χ0n) is 16.7. The third-order valence-electron chi connectivity index (χ3n) is 5.54. The molecule has 2 heterocycles. The van der Waals surface area contributed by atoms with Crippen molar-refractivity contribution in [2.45, 2.75) is 38.8 Å². The highest BCUT2D eigenvalue weighted by atomic mass is 16.5. The summed E-state index contributed by atoms with van der Waals surface area (Å²) in [7, 11) is 1.68. The highest BCUT2D eigenvalue weighted by Crippen LogP contribution is 2.22. The second-order valence-electron chi connectivity index (χ2n) is 7.33. The van der Waals surface area contributed by atoms with Gasteiger partial charge in [0.1, 0.15) is 17.5 Å². The quantitative estimate of drug-likeness (QED) is 0.637. The minimum atomic E-state index is -0.179. The first-order valence-electron chi connectivity index (χ1n) is 9.90. The number of hydrogen-bond donors (Lipinski definition) is 3. The SMILES string of the molecule is COc1ccc([C@@H](CN=Cc2c(CO)cnc(C)c2O)[NH+]2CCCCC2)cc1. The molecule has 0 aliphatic carbocycles. The number of aliphatic hydroxyl groups is 1. The molecule has 1 saturated heterocycles. The van der Waals surface area contributed by atoms with Gasteiger partial charge in [0.25, 0.3) is 0 Å².